The highest BCUT2D eigenvalue weighted by atomic mass is 16.1. The quantitative estimate of drug-likeness (QED) is 0.377. The monoisotopic (exact) mass is 400 g/mol. The molecule has 2 aromatic carbocycles. The predicted molar refractivity (Wildman–Crippen MR) is 123 cm³/mol. The lowest BCUT2D eigenvalue weighted by Gasteiger charge is -2.12. The molecule has 146 valence electrons. The Morgan fingerprint density at radius 2 is 1.48 bits per heavy atom. The summed E-state index contributed by atoms with van der Waals surface area (Å²) in [5.74, 6) is 0. The number of aromatic nitrogens is 4. The number of pyridine rings is 4. The van der Waals surface area contributed by atoms with Crippen molar-refractivity contribution < 1.29 is 0 Å². The van der Waals surface area contributed by atoms with Gasteiger partial charge in [0, 0.05) is 40.5 Å². The number of rotatable bonds is 2. The van der Waals surface area contributed by atoms with Crippen LogP contribution >= 0.6 is 0 Å². The van der Waals surface area contributed by atoms with Crippen LogP contribution in [0.3, 0.4) is 0 Å². The Balaban J connectivity index is 1.67. The van der Waals surface area contributed by atoms with E-state index >= 15 is 0 Å². The molecule has 0 amide bonds. The van der Waals surface area contributed by atoms with Crippen molar-refractivity contribution in [1.82, 2.24) is 19.5 Å². The third kappa shape index (κ3) is 2.87. The van der Waals surface area contributed by atoms with Gasteiger partial charge in [-0.1, -0.05) is 36.4 Å². The van der Waals surface area contributed by atoms with Gasteiger partial charge in [-0.15, -0.1) is 0 Å². The molecule has 0 spiro atoms. The smallest absolute Gasteiger partial charge is 0.255 e. The summed E-state index contributed by atoms with van der Waals surface area (Å²) in [5, 5.41) is 1.91. The zero-order valence-corrected chi connectivity index (χ0v) is 16.4. The van der Waals surface area contributed by atoms with Crippen LogP contribution in [0.1, 0.15) is 0 Å². The van der Waals surface area contributed by atoms with E-state index in [1.165, 1.54) is 0 Å². The minimum Gasteiger partial charge on any atom is -0.275 e. The second-order valence-corrected chi connectivity index (χ2v) is 7.39. The first-order chi connectivity index (χ1) is 15.3. The van der Waals surface area contributed by atoms with E-state index in [1.807, 2.05) is 72.9 Å². The maximum atomic E-state index is 12.9. The summed E-state index contributed by atoms with van der Waals surface area (Å²) in [7, 11) is 0. The van der Waals surface area contributed by atoms with Gasteiger partial charge in [0.2, 0.25) is 0 Å². The summed E-state index contributed by atoms with van der Waals surface area (Å²) < 4.78 is 1.70. The van der Waals surface area contributed by atoms with Crippen molar-refractivity contribution in [2.24, 2.45) is 0 Å². The molecule has 0 unspecified atom stereocenters. The second kappa shape index (κ2) is 6.85. The number of hydrogen-bond acceptors (Lipinski definition) is 4. The molecule has 0 aliphatic carbocycles. The highest BCUT2D eigenvalue weighted by Gasteiger charge is 2.13. The van der Waals surface area contributed by atoms with E-state index in [0.29, 0.717) is 5.52 Å². The molecule has 0 radical (unpaired) electrons. The van der Waals surface area contributed by atoms with Crippen LogP contribution < -0.4 is 5.56 Å². The van der Waals surface area contributed by atoms with Crippen molar-refractivity contribution in [2.45, 2.75) is 0 Å². The molecule has 0 aliphatic rings. The van der Waals surface area contributed by atoms with E-state index in [1.54, 1.807) is 22.9 Å². The molecule has 6 aromatic rings. The fourth-order valence-corrected chi connectivity index (χ4v) is 3.98. The Morgan fingerprint density at radius 1 is 0.677 bits per heavy atom. The lowest BCUT2D eigenvalue weighted by Crippen LogP contribution is -2.17. The molecule has 0 fully saturated rings. The average Bonchev–Trinajstić information content (AvgIpc) is 2.83. The van der Waals surface area contributed by atoms with Crippen LogP contribution in [-0.2, 0) is 0 Å². The SMILES string of the molecule is O=c1ccc2cnc3ccc(-c4cnc5ccccc5c4)nc3c2n1-c1ccccc1. The van der Waals surface area contributed by atoms with Gasteiger partial charge < -0.3 is 0 Å². The Labute approximate surface area is 177 Å². The number of nitrogens with zero attached hydrogens (tertiary/aromatic N) is 4. The van der Waals surface area contributed by atoms with Gasteiger partial charge in [0.05, 0.1) is 22.2 Å². The van der Waals surface area contributed by atoms with Gasteiger partial charge in [-0.05, 0) is 42.5 Å². The van der Waals surface area contributed by atoms with Crippen LogP contribution in [0.15, 0.2) is 102 Å². The van der Waals surface area contributed by atoms with E-state index in [-0.39, 0.29) is 5.56 Å². The summed E-state index contributed by atoms with van der Waals surface area (Å²) in [5.41, 5.74) is 5.51. The Hall–Kier alpha value is -4.38. The molecule has 0 aliphatic heterocycles. The van der Waals surface area contributed by atoms with E-state index in [2.05, 4.69) is 16.0 Å². The average molecular weight is 400 g/mol. The molecule has 5 nitrogen and oxygen atoms in total. The molecule has 31 heavy (non-hydrogen) atoms. The number of fused-ring (bicyclic) bond motifs is 4. The van der Waals surface area contributed by atoms with E-state index < -0.39 is 0 Å². The Kier molecular flexibility index (Phi) is 3.86. The maximum Gasteiger partial charge on any atom is 0.255 e. The summed E-state index contributed by atoms with van der Waals surface area (Å²) in [6.07, 6.45) is 3.62. The summed E-state index contributed by atoms with van der Waals surface area (Å²) in [6.45, 7) is 0. The van der Waals surface area contributed by atoms with Crippen LogP contribution in [0.2, 0.25) is 0 Å². The molecule has 0 saturated heterocycles. The van der Waals surface area contributed by atoms with Crippen LogP contribution in [0.25, 0.3) is 49.8 Å². The summed E-state index contributed by atoms with van der Waals surface area (Å²) in [6, 6.07) is 27.0. The normalized spacial score (nSPS) is 11.4. The van der Waals surface area contributed by atoms with Crippen LogP contribution in [-0.4, -0.2) is 19.5 Å². The predicted octanol–water partition coefficient (Wildman–Crippen LogP) is 5.15. The largest absolute Gasteiger partial charge is 0.275 e. The first-order valence-corrected chi connectivity index (χ1v) is 10.00. The van der Waals surface area contributed by atoms with Crippen molar-refractivity contribution >= 4 is 32.8 Å². The standard InChI is InChI=1S/C26H16N4O/c31-24-13-10-18-15-28-23-12-11-22(19-14-17-6-4-5-9-21(17)27-16-19)29-25(23)26(18)30(24)20-7-2-1-3-8-20/h1-16H. The highest BCUT2D eigenvalue weighted by molar-refractivity contribution is 6.02. The van der Waals surface area contributed by atoms with Crippen molar-refractivity contribution in [1.29, 1.82) is 0 Å². The molecule has 5 heteroatoms. The van der Waals surface area contributed by atoms with Crippen LogP contribution in [0.4, 0.5) is 0 Å². The lowest BCUT2D eigenvalue weighted by molar-refractivity contribution is 1.04. The minimum absolute atomic E-state index is 0.106. The molecule has 6 rings (SSSR count). The molecule has 0 bridgehead atoms. The van der Waals surface area contributed by atoms with Crippen molar-refractivity contribution in [2.75, 3.05) is 0 Å². The first-order valence-electron chi connectivity index (χ1n) is 10.00. The fourth-order valence-electron chi connectivity index (χ4n) is 3.98. The van der Waals surface area contributed by atoms with Crippen molar-refractivity contribution in [3.63, 3.8) is 0 Å². The zero-order valence-electron chi connectivity index (χ0n) is 16.4. The summed E-state index contributed by atoms with van der Waals surface area (Å²) in [4.78, 5) is 27.0. The highest BCUT2D eigenvalue weighted by Crippen LogP contribution is 2.27. The van der Waals surface area contributed by atoms with E-state index in [0.717, 1.165) is 44.3 Å². The molecule has 0 atom stereocenters. The van der Waals surface area contributed by atoms with Crippen molar-refractivity contribution in [3.8, 4) is 16.9 Å². The molecule has 0 saturated carbocycles. The van der Waals surface area contributed by atoms with Gasteiger partial charge in [0.15, 0.2) is 0 Å². The molecule has 4 heterocycles. The summed E-state index contributed by atoms with van der Waals surface area (Å²) >= 11 is 0. The number of hydrogen-bond donors (Lipinski definition) is 0. The first kappa shape index (κ1) is 17.5. The van der Waals surface area contributed by atoms with Gasteiger partial charge in [0.1, 0.15) is 5.52 Å². The molecular weight excluding hydrogens is 384 g/mol. The second-order valence-electron chi connectivity index (χ2n) is 7.39. The van der Waals surface area contributed by atoms with Crippen LogP contribution in [0, 0.1) is 0 Å². The maximum absolute atomic E-state index is 12.9. The van der Waals surface area contributed by atoms with Gasteiger partial charge >= 0.3 is 0 Å². The molecule has 4 aromatic heterocycles. The van der Waals surface area contributed by atoms with E-state index in [9.17, 15) is 4.79 Å². The zero-order chi connectivity index (χ0) is 20.8. The van der Waals surface area contributed by atoms with Crippen molar-refractivity contribution in [3.05, 3.63) is 108 Å². The topological polar surface area (TPSA) is 60.7 Å². The molecular formula is C26H16N4O. The Bertz CT molecular complexity index is 1660. The lowest BCUT2D eigenvalue weighted by atomic mass is 10.1. The van der Waals surface area contributed by atoms with Gasteiger partial charge in [-0.3, -0.25) is 19.3 Å². The van der Waals surface area contributed by atoms with Crippen LogP contribution in [0.5, 0.6) is 0 Å². The van der Waals surface area contributed by atoms with E-state index in [4.69, 9.17) is 4.98 Å². The molecule has 0 N–H and O–H groups in total. The number of benzene rings is 2. The number of para-hydroxylation sites is 2. The fraction of sp³-hybridized carbons (Fsp3) is 0. The third-order valence-corrected chi connectivity index (χ3v) is 5.46. The van der Waals surface area contributed by atoms with Gasteiger partial charge in [-0.2, -0.15) is 0 Å². The van der Waals surface area contributed by atoms with Gasteiger partial charge in [0.25, 0.3) is 5.56 Å². The Morgan fingerprint density at radius 3 is 2.39 bits per heavy atom. The third-order valence-electron chi connectivity index (χ3n) is 5.46. The van der Waals surface area contributed by atoms with Gasteiger partial charge in [-0.25, -0.2) is 4.98 Å². The minimum atomic E-state index is -0.106.